The molecule has 0 aliphatic heterocycles. The van der Waals surface area contributed by atoms with Gasteiger partial charge in [-0.1, -0.05) is 26.0 Å². The molecule has 0 unspecified atom stereocenters. The van der Waals surface area contributed by atoms with Crippen molar-refractivity contribution < 1.29 is 23.4 Å². The Morgan fingerprint density at radius 2 is 1.76 bits per heavy atom. The van der Waals surface area contributed by atoms with E-state index in [9.17, 15) is 23.4 Å². The number of rotatable bonds is 8. The molecule has 118 valence electrons. The van der Waals surface area contributed by atoms with Gasteiger partial charge < -0.3 is 10.2 Å². The largest absolute Gasteiger partial charge is 0.508 e. The minimum absolute atomic E-state index is 0.00386. The van der Waals surface area contributed by atoms with Gasteiger partial charge in [-0.25, -0.2) is 0 Å². The average Bonchev–Trinajstić information content (AvgIpc) is 2.41. The van der Waals surface area contributed by atoms with Gasteiger partial charge in [0.25, 0.3) is 10.2 Å². The van der Waals surface area contributed by atoms with Crippen LogP contribution < -0.4 is 4.72 Å². The predicted octanol–water partition coefficient (Wildman–Crippen LogP) is 0.564. The van der Waals surface area contributed by atoms with Crippen LogP contribution in [-0.2, 0) is 21.4 Å². The molecule has 1 aromatic carbocycles. The third kappa shape index (κ3) is 5.00. The maximum Gasteiger partial charge on any atom is 0.322 e. The highest BCUT2D eigenvalue weighted by atomic mass is 32.2. The number of hydrogen-bond acceptors (Lipinski definition) is 4. The van der Waals surface area contributed by atoms with Crippen molar-refractivity contribution in [2.24, 2.45) is 0 Å². The van der Waals surface area contributed by atoms with E-state index in [0.29, 0.717) is 5.56 Å². The third-order valence-electron chi connectivity index (χ3n) is 3.01. The van der Waals surface area contributed by atoms with Crippen LogP contribution in [0, 0.1) is 0 Å². The number of aliphatic carboxylic acids is 1. The maximum absolute atomic E-state index is 12.1. The molecule has 0 heterocycles. The van der Waals surface area contributed by atoms with Gasteiger partial charge in [0.15, 0.2) is 0 Å². The monoisotopic (exact) mass is 316 g/mol. The predicted molar refractivity (Wildman–Crippen MR) is 78.2 cm³/mol. The second-order valence-corrected chi connectivity index (χ2v) is 6.17. The maximum atomic E-state index is 12.1. The lowest BCUT2D eigenvalue weighted by Crippen LogP contribution is -2.49. The number of nitrogens with zero attached hydrogens (tertiary/aromatic N) is 1. The number of carboxylic acid groups (broad SMARTS) is 1. The van der Waals surface area contributed by atoms with Crippen LogP contribution in [0.1, 0.15) is 19.4 Å². The Kier molecular flexibility index (Phi) is 6.13. The first-order valence-corrected chi connectivity index (χ1v) is 8.02. The zero-order valence-electron chi connectivity index (χ0n) is 12.0. The lowest BCUT2D eigenvalue weighted by molar-refractivity contribution is -0.138. The molecule has 0 radical (unpaired) electrons. The van der Waals surface area contributed by atoms with E-state index < -0.39 is 22.2 Å². The molecule has 0 aliphatic carbocycles. The molecule has 1 rings (SSSR count). The van der Waals surface area contributed by atoms with E-state index in [0.717, 1.165) is 4.31 Å². The van der Waals surface area contributed by atoms with Gasteiger partial charge in [-0.2, -0.15) is 17.4 Å². The number of carbonyl (C=O) groups is 1. The molecule has 7 nitrogen and oxygen atoms in total. The van der Waals surface area contributed by atoms with E-state index in [1.165, 1.54) is 12.1 Å². The van der Waals surface area contributed by atoms with Crippen LogP contribution in [0.5, 0.6) is 5.75 Å². The Hall–Kier alpha value is -1.64. The summed E-state index contributed by atoms with van der Waals surface area (Å²) in [7, 11) is -3.84. The molecule has 0 saturated carbocycles. The van der Waals surface area contributed by atoms with Gasteiger partial charge in [-0.05, 0) is 24.1 Å². The highest BCUT2D eigenvalue weighted by Gasteiger charge is 2.27. The number of hydrogen-bond donors (Lipinski definition) is 3. The lowest BCUT2D eigenvalue weighted by Gasteiger charge is -2.22. The normalized spacial score (nSPS) is 13.3. The number of benzene rings is 1. The van der Waals surface area contributed by atoms with Crippen molar-refractivity contribution in [1.82, 2.24) is 9.03 Å². The number of nitrogens with one attached hydrogen (secondary N) is 1. The first kappa shape index (κ1) is 17.4. The average molecular weight is 316 g/mol. The van der Waals surface area contributed by atoms with Gasteiger partial charge in [-0.15, -0.1) is 0 Å². The molecule has 1 aromatic rings. The summed E-state index contributed by atoms with van der Waals surface area (Å²) in [5.41, 5.74) is 0.613. The van der Waals surface area contributed by atoms with E-state index in [1.54, 1.807) is 26.0 Å². The summed E-state index contributed by atoms with van der Waals surface area (Å²) in [6.45, 7) is 3.88. The van der Waals surface area contributed by atoms with Crippen LogP contribution in [0.15, 0.2) is 24.3 Å². The highest BCUT2D eigenvalue weighted by Crippen LogP contribution is 2.12. The van der Waals surface area contributed by atoms with E-state index in [4.69, 9.17) is 0 Å². The van der Waals surface area contributed by atoms with E-state index in [1.807, 2.05) is 0 Å². The number of aromatic hydroxyl groups is 1. The molecule has 0 aromatic heterocycles. The molecule has 0 spiro atoms. The molecule has 0 bridgehead atoms. The van der Waals surface area contributed by atoms with Crippen molar-refractivity contribution in [3.05, 3.63) is 29.8 Å². The molecular formula is C13H20N2O5S. The van der Waals surface area contributed by atoms with Crippen LogP contribution in [0.3, 0.4) is 0 Å². The highest BCUT2D eigenvalue weighted by molar-refractivity contribution is 7.87. The Labute approximate surface area is 124 Å². The SMILES string of the molecule is CCN(CC)S(=O)(=O)N[C@H](Cc1ccc(O)cc1)C(=O)O. The Bertz CT molecular complexity index is 567. The van der Waals surface area contributed by atoms with Crippen LogP contribution in [-0.4, -0.2) is 48.0 Å². The van der Waals surface area contributed by atoms with Gasteiger partial charge in [0, 0.05) is 13.1 Å². The Morgan fingerprint density at radius 3 is 2.19 bits per heavy atom. The molecule has 0 fully saturated rings. The molecule has 0 aliphatic rings. The third-order valence-corrected chi connectivity index (χ3v) is 4.79. The Balaban J connectivity index is 2.88. The standard InChI is InChI=1S/C13H20N2O5S/c1-3-15(4-2)21(19,20)14-12(13(17)18)9-10-5-7-11(16)8-6-10/h5-8,12,14,16H,3-4,9H2,1-2H3,(H,17,18)/t12-/m1/s1. The zero-order valence-corrected chi connectivity index (χ0v) is 12.8. The molecule has 3 N–H and O–H groups in total. The fraction of sp³-hybridized carbons (Fsp3) is 0.462. The minimum atomic E-state index is -3.84. The second-order valence-electron chi connectivity index (χ2n) is 4.47. The molecule has 0 saturated heterocycles. The van der Waals surface area contributed by atoms with Crippen LogP contribution >= 0.6 is 0 Å². The summed E-state index contributed by atoms with van der Waals surface area (Å²) in [5.74, 6) is -1.19. The smallest absolute Gasteiger partial charge is 0.322 e. The first-order valence-electron chi connectivity index (χ1n) is 6.58. The number of phenolic OH excluding ortho intramolecular Hbond substituents is 1. The molecule has 0 amide bonds. The lowest BCUT2D eigenvalue weighted by atomic mass is 10.1. The second kappa shape index (κ2) is 7.39. The van der Waals surface area contributed by atoms with E-state index in [-0.39, 0.29) is 25.3 Å². The van der Waals surface area contributed by atoms with Crippen LogP contribution in [0.2, 0.25) is 0 Å². The van der Waals surface area contributed by atoms with Gasteiger partial charge >= 0.3 is 5.97 Å². The van der Waals surface area contributed by atoms with Crippen molar-refractivity contribution in [3.8, 4) is 5.75 Å². The van der Waals surface area contributed by atoms with Crippen molar-refractivity contribution in [1.29, 1.82) is 0 Å². The van der Waals surface area contributed by atoms with E-state index >= 15 is 0 Å². The fourth-order valence-electron chi connectivity index (χ4n) is 1.86. The number of carboxylic acids is 1. The van der Waals surface area contributed by atoms with Crippen molar-refractivity contribution in [2.45, 2.75) is 26.3 Å². The van der Waals surface area contributed by atoms with Crippen molar-refractivity contribution in [3.63, 3.8) is 0 Å². The molecular weight excluding hydrogens is 296 g/mol. The first-order chi connectivity index (χ1) is 9.80. The summed E-state index contributed by atoms with van der Waals surface area (Å²) < 4.78 is 27.5. The molecule has 8 heteroatoms. The summed E-state index contributed by atoms with van der Waals surface area (Å²) >= 11 is 0. The molecule has 1 atom stereocenters. The Morgan fingerprint density at radius 1 is 1.24 bits per heavy atom. The fourth-order valence-corrected chi connectivity index (χ4v) is 3.24. The van der Waals surface area contributed by atoms with E-state index in [2.05, 4.69) is 4.72 Å². The summed E-state index contributed by atoms with van der Waals surface area (Å²) in [6.07, 6.45) is -0.00386. The molecule has 21 heavy (non-hydrogen) atoms. The van der Waals surface area contributed by atoms with Crippen LogP contribution in [0.4, 0.5) is 0 Å². The minimum Gasteiger partial charge on any atom is -0.508 e. The number of phenols is 1. The summed E-state index contributed by atoms with van der Waals surface area (Å²) in [6, 6.07) is 4.69. The topological polar surface area (TPSA) is 107 Å². The van der Waals surface area contributed by atoms with Gasteiger partial charge in [0.05, 0.1) is 0 Å². The van der Waals surface area contributed by atoms with Gasteiger partial charge in [0.2, 0.25) is 0 Å². The zero-order chi connectivity index (χ0) is 16.0. The quantitative estimate of drug-likeness (QED) is 0.650. The van der Waals surface area contributed by atoms with Crippen LogP contribution in [0.25, 0.3) is 0 Å². The van der Waals surface area contributed by atoms with Gasteiger partial charge in [0.1, 0.15) is 11.8 Å². The summed E-state index contributed by atoms with van der Waals surface area (Å²) in [5, 5.41) is 18.4. The van der Waals surface area contributed by atoms with Crippen molar-refractivity contribution >= 4 is 16.2 Å². The van der Waals surface area contributed by atoms with Gasteiger partial charge in [-0.3, -0.25) is 4.79 Å². The summed E-state index contributed by atoms with van der Waals surface area (Å²) in [4.78, 5) is 11.3. The van der Waals surface area contributed by atoms with Crippen molar-refractivity contribution in [2.75, 3.05) is 13.1 Å².